The predicted molar refractivity (Wildman–Crippen MR) is 144 cm³/mol. The molecular weight excluding hydrogens is 448 g/mol. The number of nitrogens with one attached hydrogen (secondary N) is 1. The van der Waals surface area contributed by atoms with E-state index < -0.39 is 0 Å². The van der Waals surface area contributed by atoms with Crippen LogP contribution in [0.1, 0.15) is 29.3 Å². The summed E-state index contributed by atoms with van der Waals surface area (Å²) in [5.41, 5.74) is 6.32. The van der Waals surface area contributed by atoms with Gasteiger partial charge in [-0.3, -0.25) is 0 Å². The zero-order valence-corrected chi connectivity index (χ0v) is 20.0. The maximum Gasteiger partial charge on any atom is 0.164 e. The second kappa shape index (κ2) is 11.1. The smallest absolute Gasteiger partial charge is 0.164 e. The van der Waals surface area contributed by atoms with Gasteiger partial charge in [-0.25, -0.2) is 4.98 Å². The van der Waals surface area contributed by atoms with Crippen LogP contribution in [-0.2, 0) is 17.7 Å². The molecule has 0 atom stereocenters. The van der Waals surface area contributed by atoms with Crippen molar-refractivity contribution in [1.82, 2.24) is 4.98 Å². The Morgan fingerprint density at radius 3 is 2.64 bits per heavy atom. The van der Waals surface area contributed by atoms with Crippen molar-refractivity contribution in [3.8, 4) is 0 Å². The standard InChI is InChI=1S/C28H25ClN2OS/c1-2-32-28(33)17-22-7-3-4-8-23(22)19-30-26-9-5-6-20(16-26)10-14-25-15-12-21-11-13-24(29)18-27(21)31-25/h3-16,18,30H,2,17,19H2,1H3/b14-10+. The van der Waals surface area contributed by atoms with Gasteiger partial charge in [0, 0.05) is 29.1 Å². The van der Waals surface area contributed by atoms with Crippen LogP contribution >= 0.6 is 23.8 Å². The van der Waals surface area contributed by atoms with Crippen LogP contribution in [-0.4, -0.2) is 16.6 Å². The average Bonchev–Trinajstić information content (AvgIpc) is 2.82. The number of pyridine rings is 1. The fraction of sp³-hybridized carbons (Fsp3) is 0.143. The molecule has 0 fully saturated rings. The highest BCUT2D eigenvalue weighted by Crippen LogP contribution is 2.20. The van der Waals surface area contributed by atoms with Crippen LogP contribution in [0.5, 0.6) is 0 Å². The van der Waals surface area contributed by atoms with Crippen LogP contribution in [0.4, 0.5) is 5.69 Å². The van der Waals surface area contributed by atoms with E-state index in [0.717, 1.165) is 27.8 Å². The van der Waals surface area contributed by atoms with E-state index in [1.54, 1.807) is 0 Å². The first kappa shape index (κ1) is 23.0. The SMILES string of the molecule is CCOC(=S)Cc1ccccc1CNc1cccc(/C=C/c2ccc3ccc(Cl)cc3n2)c1. The van der Waals surface area contributed by atoms with Crippen molar-refractivity contribution in [3.63, 3.8) is 0 Å². The van der Waals surface area contributed by atoms with Gasteiger partial charge >= 0.3 is 0 Å². The van der Waals surface area contributed by atoms with Gasteiger partial charge in [0.05, 0.1) is 17.8 Å². The molecule has 1 heterocycles. The second-order valence-electron chi connectivity index (χ2n) is 7.64. The minimum atomic E-state index is 0.599. The lowest BCUT2D eigenvalue weighted by Gasteiger charge is -2.12. The molecule has 166 valence electrons. The Hall–Kier alpha value is -3.21. The molecule has 4 rings (SSSR count). The van der Waals surface area contributed by atoms with Gasteiger partial charge in [0.25, 0.3) is 0 Å². The maximum absolute atomic E-state index is 6.11. The van der Waals surface area contributed by atoms with E-state index in [1.165, 1.54) is 11.1 Å². The Labute approximate surface area is 205 Å². The molecule has 0 aliphatic carbocycles. The fourth-order valence-electron chi connectivity index (χ4n) is 3.60. The largest absolute Gasteiger partial charge is 0.487 e. The number of aromatic nitrogens is 1. The van der Waals surface area contributed by atoms with E-state index in [0.29, 0.717) is 29.6 Å². The molecular formula is C28H25ClN2OS. The number of rotatable bonds is 8. The first-order valence-corrected chi connectivity index (χ1v) is 11.7. The zero-order valence-electron chi connectivity index (χ0n) is 18.4. The van der Waals surface area contributed by atoms with Crippen molar-refractivity contribution in [1.29, 1.82) is 0 Å². The maximum atomic E-state index is 6.11. The van der Waals surface area contributed by atoms with Gasteiger partial charge in [-0.05, 0) is 72.2 Å². The number of hydrogen-bond donors (Lipinski definition) is 1. The third kappa shape index (κ3) is 6.41. The predicted octanol–water partition coefficient (Wildman–Crippen LogP) is 7.58. The van der Waals surface area contributed by atoms with Gasteiger partial charge in [0.1, 0.15) is 0 Å². The molecule has 0 saturated carbocycles. The number of fused-ring (bicyclic) bond motifs is 1. The Balaban J connectivity index is 1.44. The van der Waals surface area contributed by atoms with Crippen LogP contribution in [0.2, 0.25) is 5.02 Å². The summed E-state index contributed by atoms with van der Waals surface area (Å²) < 4.78 is 5.46. The van der Waals surface area contributed by atoms with Gasteiger partial charge in [-0.1, -0.05) is 66.2 Å². The molecule has 3 aromatic carbocycles. The van der Waals surface area contributed by atoms with Gasteiger partial charge in [0.2, 0.25) is 0 Å². The van der Waals surface area contributed by atoms with Crippen molar-refractivity contribution in [2.45, 2.75) is 19.9 Å². The van der Waals surface area contributed by atoms with Crippen molar-refractivity contribution in [2.75, 3.05) is 11.9 Å². The minimum absolute atomic E-state index is 0.599. The monoisotopic (exact) mass is 472 g/mol. The van der Waals surface area contributed by atoms with Crippen LogP contribution in [0, 0.1) is 0 Å². The van der Waals surface area contributed by atoms with Crippen molar-refractivity contribution < 1.29 is 4.74 Å². The van der Waals surface area contributed by atoms with Crippen molar-refractivity contribution >= 4 is 57.6 Å². The number of ether oxygens (including phenoxy) is 1. The Bertz CT molecular complexity index is 1300. The molecule has 0 unspecified atom stereocenters. The molecule has 5 heteroatoms. The molecule has 0 aliphatic heterocycles. The van der Waals surface area contributed by atoms with Crippen LogP contribution in [0.25, 0.3) is 23.1 Å². The summed E-state index contributed by atoms with van der Waals surface area (Å²) in [4.78, 5) is 4.69. The third-order valence-corrected chi connectivity index (χ3v) is 5.75. The lowest BCUT2D eigenvalue weighted by molar-refractivity contribution is 0.329. The highest BCUT2D eigenvalue weighted by Gasteiger charge is 2.06. The Morgan fingerprint density at radius 1 is 0.970 bits per heavy atom. The van der Waals surface area contributed by atoms with Crippen LogP contribution in [0.3, 0.4) is 0 Å². The molecule has 1 aromatic heterocycles. The van der Waals surface area contributed by atoms with E-state index in [9.17, 15) is 0 Å². The van der Waals surface area contributed by atoms with Crippen molar-refractivity contribution in [3.05, 3.63) is 106 Å². The van der Waals surface area contributed by atoms with E-state index >= 15 is 0 Å². The summed E-state index contributed by atoms with van der Waals surface area (Å²) in [7, 11) is 0. The molecule has 1 N–H and O–H groups in total. The van der Waals surface area contributed by atoms with Crippen LogP contribution < -0.4 is 5.32 Å². The molecule has 0 radical (unpaired) electrons. The van der Waals surface area contributed by atoms with Crippen molar-refractivity contribution in [2.24, 2.45) is 0 Å². The molecule has 0 saturated heterocycles. The number of halogens is 1. The fourth-order valence-corrected chi connectivity index (χ4v) is 4.04. The second-order valence-corrected chi connectivity index (χ2v) is 8.53. The van der Waals surface area contributed by atoms with Gasteiger partial charge in [-0.2, -0.15) is 0 Å². The zero-order chi connectivity index (χ0) is 23.0. The van der Waals surface area contributed by atoms with E-state index in [1.807, 2.05) is 55.5 Å². The third-order valence-electron chi connectivity index (χ3n) is 5.25. The lowest BCUT2D eigenvalue weighted by Crippen LogP contribution is -2.09. The molecule has 0 bridgehead atoms. The number of nitrogens with zero attached hydrogens (tertiary/aromatic N) is 1. The molecule has 0 aliphatic rings. The summed E-state index contributed by atoms with van der Waals surface area (Å²) in [6.45, 7) is 3.26. The minimum Gasteiger partial charge on any atom is -0.487 e. The van der Waals surface area contributed by atoms with Gasteiger partial charge in [0.15, 0.2) is 5.05 Å². The normalized spacial score (nSPS) is 11.1. The first-order valence-electron chi connectivity index (χ1n) is 10.9. The first-order chi connectivity index (χ1) is 16.1. The molecule has 0 spiro atoms. The summed E-state index contributed by atoms with van der Waals surface area (Å²) in [6, 6.07) is 26.5. The van der Waals surface area contributed by atoms with Crippen LogP contribution in [0.15, 0.2) is 78.9 Å². The number of anilines is 1. The highest BCUT2D eigenvalue weighted by molar-refractivity contribution is 7.80. The van der Waals surface area contributed by atoms with E-state index in [-0.39, 0.29) is 0 Å². The summed E-state index contributed by atoms with van der Waals surface area (Å²) >= 11 is 11.4. The Morgan fingerprint density at radius 2 is 1.79 bits per heavy atom. The number of hydrogen-bond acceptors (Lipinski definition) is 4. The van der Waals surface area contributed by atoms with E-state index in [2.05, 4.69) is 52.8 Å². The summed E-state index contributed by atoms with van der Waals surface area (Å²) in [5, 5.41) is 5.92. The molecule has 0 amide bonds. The quantitative estimate of drug-likeness (QED) is 0.268. The van der Waals surface area contributed by atoms with E-state index in [4.69, 9.17) is 28.6 Å². The summed E-state index contributed by atoms with van der Waals surface area (Å²) in [6.07, 6.45) is 4.73. The molecule has 33 heavy (non-hydrogen) atoms. The molecule has 3 nitrogen and oxygen atoms in total. The highest BCUT2D eigenvalue weighted by atomic mass is 35.5. The number of thiocarbonyl (C=S) groups is 1. The number of benzene rings is 3. The van der Waals surface area contributed by atoms with Gasteiger partial charge in [-0.15, -0.1) is 0 Å². The Kier molecular flexibility index (Phi) is 7.71. The average molecular weight is 473 g/mol. The van der Waals surface area contributed by atoms with Gasteiger partial charge < -0.3 is 10.1 Å². The topological polar surface area (TPSA) is 34.1 Å². The lowest BCUT2D eigenvalue weighted by atomic mass is 10.0. The molecule has 4 aromatic rings. The summed E-state index contributed by atoms with van der Waals surface area (Å²) in [5.74, 6) is 0.